The summed E-state index contributed by atoms with van der Waals surface area (Å²) in [6.45, 7) is 1.95. The number of hydrogen-bond acceptors (Lipinski definition) is 6. The first-order chi connectivity index (χ1) is 15.6. The van der Waals surface area contributed by atoms with E-state index >= 15 is 0 Å². The Morgan fingerprint density at radius 3 is 2.81 bits per heavy atom. The van der Waals surface area contributed by atoms with Crippen LogP contribution in [-0.2, 0) is 20.3 Å². The highest BCUT2D eigenvalue weighted by Crippen LogP contribution is 2.35. The standard InChI is InChI=1S/C23H24ClN5OS2/c1-27-21(14-30-19-11-4-2-8-16(19)24)26-29(23(27)31)15-28-13-7-6-10-18(28)22-25-17-9-3-5-12-20(17)32-22/h2-5,8-9,11-12,18H,6-7,10,13-15H2,1H3. The maximum absolute atomic E-state index is 6.21. The predicted molar refractivity (Wildman–Crippen MR) is 131 cm³/mol. The summed E-state index contributed by atoms with van der Waals surface area (Å²) >= 11 is 13.7. The van der Waals surface area contributed by atoms with Crippen LogP contribution in [0.4, 0.5) is 0 Å². The number of para-hydroxylation sites is 2. The molecule has 0 radical (unpaired) electrons. The van der Waals surface area contributed by atoms with Gasteiger partial charge in [0, 0.05) is 13.6 Å². The van der Waals surface area contributed by atoms with Crippen LogP contribution >= 0.6 is 35.2 Å². The fourth-order valence-corrected chi connectivity index (χ4v) is 5.63. The molecule has 1 aliphatic heterocycles. The summed E-state index contributed by atoms with van der Waals surface area (Å²) in [4.78, 5) is 7.38. The van der Waals surface area contributed by atoms with E-state index in [1.807, 2.05) is 46.6 Å². The van der Waals surface area contributed by atoms with Crippen LogP contribution < -0.4 is 4.74 Å². The molecule has 6 nitrogen and oxygen atoms in total. The Kier molecular flexibility index (Phi) is 6.28. The van der Waals surface area contributed by atoms with Gasteiger partial charge in [0.25, 0.3) is 0 Å². The molecule has 166 valence electrons. The first-order valence-electron chi connectivity index (χ1n) is 10.7. The van der Waals surface area contributed by atoms with Crippen molar-refractivity contribution in [2.24, 2.45) is 7.05 Å². The molecule has 5 rings (SSSR count). The van der Waals surface area contributed by atoms with E-state index in [4.69, 9.17) is 38.6 Å². The second-order valence-corrected chi connectivity index (χ2v) is 9.80. The van der Waals surface area contributed by atoms with Crippen molar-refractivity contribution < 1.29 is 4.74 Å². The van der Waals surface area contributed by atoms with Gasteiger partial charge in [-0.3, -0.25) is 4.90 Å². The Bertz CT molecular complexity index is 1260. The fraction of sp³-hybridized carbons (Fsp3) is 0.348. The lowest BCUT2D eigenvalue weighted by atomic mass is 10.0. The van der Waals surface area contributed by atoms with Gasteiger partial charge in [-0.05, 0) is 49.3 Å². The van der Waals surface area contributed by atoms with Crippen LogP contribution in [0.5, 0.6) is 5.75 Å². The molecule has 1 fully saturated rings. The number of halogens is 1. The molecule has 2 aromatic carbocycles. The van der Waals surface area contributed by atoms with Crippen LogP contribution in [0, 0.1) is 4.77 Å². The average Bonchev–Trinajstić information content (AvgIpc) is 3.36. The molecule has 1 aliphatic rings. The second kappa shape index (κ2) is 9.31. The molecule has 1 atom stereocenters. The molecular weight excluding hydrogens is 462 g/mol. The first kappa shape index (κ1) is 21.6. The number of piperidine rings is 1. The van der Waals surface area contributed by atoms with E-state index in [1.165, 1.54) is 22.5 Å². The predicted octanol–water partition coefficient (Wildman–Crippen LogP) is 5.98. The molecule has 0 spiro atoms. The number of benzene rings is 2. The van der Waals surface area contributed by atoms with Crippen LogP contribution in [-0.4, -0.2) is 30.8 Å². The summed E-state index contributed by atoms with van der Waals surface area (Å²) in [5.74, 6) is 1.41. The Morgan fingerprint density at radius 1 is 1.16 bits per heavy atom. The topological polar surface area (TPSA) is 48.1 Å². The largest absolute Gasteiger partial charge is 0.484 e. The minimum atomic E-state index is 0.285. The Balaban J connectivity index is 1.35. The van der Waals surface area contributed by atoms with Gasteiger partial charge in [0.15, 0.2) is 10.6 Å². The molecule has 4 aromatic rings. The van der Waals surface area contributed by atoms with Crippen molar-refractivity contribution in [3.05, 3.63) is 69.2 Å². The average molecular weight is 486 g/mol. The number of nitrogens with zero attached hydrogens (tertiary/aromatic N) is 5. The lowest BCUT2D eigenvalue weighted by Gasteiger charge is -2.34. The maximum atomic E-state index is 6.21. The molecule has 0 amide bonds. The molecule has 0 N–H and O–H groups in total. The van der Waals surface area contributed by atoms with E-state index in [2.05, 4.69) is 23.1 Å². The van der Waals surface area contributed by atoms with Crippen molar-refractivity contribution in [2.45, 2.75) is 38.6 Å². The minimum Gasteiger partial charge on any atom is -0.484 e. The molecule has 0 aliphatic carbocycles. The normalized spacial score (nSPS) is 17.1. The fourth-order valence-electron chi connectivity index (χ4n) is 4.10. The summed E-state index contributed by atoms with van der Waals surface area (Å²) in [6, 6.07) is 16.1. The summed E-state index contributed by atoms with van der Waals surface area (Å²) in [6.07, 6.45) is 3.48. The highest BCUT2D eigenvalue weighted by Gasteiger charge is 2.27. The number of hydrogen-bond donors (Lipinski definition) is 0. The van der Waals surface area contributed by atoms with Crippen LogP contribution in [0.2, 0.25) is 5.02 Å². The highest BCUT2D eigenvalue weighted by atomic mass is 35.5. The number of aromatic nitrogens is 4. The van der Waals surface area contributed by atoms with Gasteiger partial charge in [0.05, 0.1) is 27.9 Å². The Hall–Kier alpha value is -2.26. The zero-order chi connectivity index (χ0) is 22.1. The third-order valence-corrected chi connectivity index (χ3v) is 7.78. The van der Waals surface area contributed by atoms with Crippen LogP contribution in [0.3, 0.4) is 0 Å². The zero-order valence-electron chi connectivity index (χ0n) is 17.8. The monoisotopic (exact) mass is 485 g/mol. The van der Waals surface area contributed by atoms with Crippen LogP contribution in [0.1, 0.15) is 36.1 Å². The van der Waals surface area contributed by atoms with E-state index in [9.17, 15) is 0 Å². The van der Waals surface area contributed by atoms with E-state index in [0.717, 1.165) is 24.3 Å². The van der Waals surface area contributed by atoms with Crippen molar-refractivity contribution in [1.82, 2.24) is 24.2 Å². The van der Waals surface area contributed by atoms with Crippen LogP contribution in [0.15, 0.2) is 48.5 Å². The van der Waals surface area contributed by atoms with Gasteiger partial charge in [0.1, 0.15) is 17.4 Å². The van der Waals surface area contributed by atoms with E-state index in [0.29, 0.717) is 28.8 Å². The second-order valence-electron chi connectivity index (χ2n) is 7.96. The van der Waals surface area contributed by atoms with E-state index in [-0.39, 0.29) is 6.04 Å². The number of ether oxygens (including phenoxy) is 1. The summed E-state index contributed by atoms with van der Waals surface area (Å²) in [7, 11) is 1.93. The molecule has 0 saturated carbocycles. The summed E-state index contributed by atoms with van der Waals surface area (Å²) in [5, 5.41) is 6.53. The maximum Gasteiger partial charge on any atom is 0.198 e. The molecule has 2 aromatic heterocycles. The molecule has 3 heterocycles. The minimum absolute atomic E-state index is 0.285. The Morgan fingerprint density at radius 2 is 1.97 bits per heavy atom. The zero-order valence-corrected chi connectivity index (χ0v) is 20.2. The molecule has 0 bridgehead atoms. The van der Waals surface area contributed by atoms with Crippen molar-refractivity contribution in [2.75, 3.05) is 6.54 Å². The smallest absolute Gasteiger partial charge is 0.198 e. The Labute approximate surface area is 201 Å². The number of thiazole rings is 1. The number of likely N-dealkylation sites (tertiary alicyclic amines) is 1. The lowest BCUT2D eigenvalue weighted by Crippen LogP contribution is -2.35. The summed E-state index contributed by atoms with van der Waals surface area (Å²) in [5.41, 5.74) is 1.08. The number of rotatable bonds is 6. The third-order valence-electron chi connectivity index (χ3n) is 5.85. The van der Waals surface area contributed by atoms with Gasteiger partial charge in [-0.2, -0.15) is 5.10 Å². The van der Waals surface area contributed by atoms with Gasteiger partial charge in [0.2, 0.25) is 0 Å². The van der Waals surface area contributed by atoms with E-state index in [1.54, 1.807) is 11.3 Å². The van der Waals surface area contributed by atoms with Gasteiger partial charge >= 0.3 is 0 Å². The molecule has 1 saturated heterocycles. The van der Waals surface area contributed by atoms with Gasteiger partial charge in [-0.25, -0.2) is 9.67 Å². The van der Waals surface area contributed by atoms with Crippen molar-refractivity contribution in [3.8, 4) is 5.75 Å². The van der Waals surface area contributed by atoms with Crippen molar-refractivity contribution >= 4 is 45.4 Å². The van der Waals surface area contributed by atoms with E-state index < -0.39 is 0 Å². The number of fused-ring (bicyclic) bond motifs is 1. The quantitative estimate of drug-likeness (QED) is 0.314. The molecule has 32 heavy (non-hydrogen) atoms. The highest BCUT2D eigenvalue weighted by molar-refractivity contribution is 7.71. The first-order valence-corrected chi connectivity index (χ1v) is 12.3. The summed E-state index contributed by atoms with van der Waals surface area (Å²) < 4.78 is 11.6. The molecule has 9 heteroatoms. The SMILES string of the molecule is Cn1c(COc2ccccc2Cl)nn(CN2CCCCC2c2nc3ccccc3s2)c1=S. The third kappa shape index (κ3) is 4.32. The van der Waals surface area contributed by atoms with Crippen molar-refractivity contribution in [3.63, 3.8) is 0 Å². The molecular formula is C23H24ClN5OS2. The van der Waals surface area contributed by atoms with Gasteiger partial charge in [-0.15, -0.1) is 11.3 Å². The molecule has 1 unspecified atom stereocenters. The van der Waals surface area contributed by atoms with Gasteiger partial charge in [-0.1, -0.05) is 42.3 Å². The van der Waals surface area contributed by atoms with Crippen LogP contribution in [0.25, 0.3) is 10.2 Å². The van der Waals surface area contributed by atoms with Gasteiger partial charge < -0.3 is 9.30 Å². The lowest BCUT2D eigenvalue weighted by molar-refractivity contribution is 0.103. The van der Waals surface area contributed by atoms with Crippen molar-refractivity contribution in [1.29, 1.82) is 0 Å².